The lowest BCUT2D eigenvalue weighted by atomic mass is 10.2. The van der Waals surface area contributed by atoms with Crippen molar-refractivity contribution in [3.63, 3.8) is 0 Å². The number of carbonyl (C=O) groups is 1. The van der Waals surface area contributed by atoms with Crippen LogP contribution >= 0.6 is 34.5 Å². The molecule has 5 rings (SSSR count). The molecule has 0 saturated heterocycles. The highest BCUT2D eigenvalue weighted by Crippen LogP contribution is 2.29. The molecule has 45 heavy (non-hydrogen) atoms. The number of thiazole rings is 1. The molecule has 0 spiro atoms. The highest BCUT2D eigenvalue weighted by atomic mass is 35.5. The molecule has 0 fully saturated rings. The fourth-order valence-electron chi connectivity index (χ4n) is 4.31. The van der Waals surface area contributed by atoms with E-state index in [4.69, 9.17) is 38.1 Å². The number of halogens is 2. The summed E-state index contributed by atoms with van der Waals surface area (Å²) in [4.78, 5) is 19.2. The van der Waals surface area contributed by atoms with Crippen LogP contribution in [0.5, 0.6) is 5.75 Å². The maximum absolute atomic E-state index is 13.1. The number of carbonyl (C=O) groups excluding carboxylic acids is 1. The first kappa shape index (κ1) is 31.8. The fourth-order valence-corrected chi connectivity index (χ4v) is 5.33. The van der Waals surface area contributed by atoms with Crippen molar-refractivity contribution in [1.29, 1.82) is 5.41 Å². The lowest BCUT2D eigenvalue weighted by molar-refractivity contribution is 0.146. The van der Waals surface area contributed by atoms with Crippen LogP contribution in [0, 0.1) is 5.41 Å². The summed E-state index contributed by atoms with van der Waals surface area (Å²) in [7, 11) is 0. The number of nitrogens with one attached hydrogen (secondary N) is 3. The van der Waals surface area contributed by atoms with Crippen molar-refractivity contribution in [2.75, 3.05) is 23.4 Å². The summed E-state index contributed by atoms with van der Waals surface area (Å²) < 4.78 is 11.5. The zero-order valence-electron chi connectivity index (χ0n) is 24.2. The Bertz CT molecular complexity index is 1700. The van der Waals surface area contributed by atoms with E-state index >= 15 is 0 Å². The van der Waals surface area contributed by atoms with Gasteiger partial charge in [0, 0.05) is 29.7 Å². The molecule has 0 aliphatic rings. The van der Waals surface area contributed by atoms with Crippen molar-refractivity contribution in [3.8, 4) is 17.0 Å². The van der Waals surface area contributed by atoms with Crippen LogP contribution in [-0.2, 0) is 17.9 Å². The lowest BCUT2D eigenvalue weighted by Crippen LogP contribution is -2.33. The van der Waals surface area contributed by atoms with Gasteiger partial charge in [-0.05, 0) is 60.0 Å². The molecule has 4 aromatic carbocycles. The van der Waals surface area contributed by atoms with Gasteiger partial charge in [-0.2, -0.15) is 0 Å². The standard InChI is InChI=1S/C34H31Cl2N5O3S/c35-29-17-14-27(20-30(29)36)41(34(42)44-22-25-10-5-2-6-11-25)18-7-19-43-28-15-12-26(13-16-28)31-23-45-33(39-31)40-32(37)38-21-24-8-3-1-4-9-24/h1-6,8-17,20,23H,7,18-19,21-22H2,(H3,37,38,39,40). The van der Waals surface area contributed by atoms with Crippen LogP contribution in [0.15, 0.2) is 109 Å². The normalized spacial score (nSPS) is 10.6. The zero-order valence-corrected chi connectivity index (χ0v) is 26.5. The first-order valence-corrected chi connectivity index (χ1v) is 15.8. The molecule has 1 amide bonds. The largest absolute Gasteiger partial charge is 0.494 e. The number of hydrogen-bond donors (Lipinski definition) is 3. The smallest absolute Gasteiger partial charge is 0.414 e. The number of hydrogen-bond acceptors (Lipinski definition) is 6. The Hall–Kier alpha value is -4.57. The van der Waals surface area contributed by atoms with Crippen molar-refractivity contribution < 1.29 is 14.3 Å². The predicted molar refractivity (Wildman–Crippen MR) is 183 cm³/mol. The van der Waals surface area contributed by atoms with E-state index in [1.807, 2.05) is 90.3 Å². The Morgan fingerprint density at radius 3 is 2.31 bits per heavy atom. The minimum absolute atomic E-state index is 0.157. The van der Waals surface area contributed by atoms with Gasteiger partial charge in [0.25, 0.3) is 0 Å². The van der Waals surface area contributed by atoms with Gasteiger partial charge in [-0.1, -0.05) is 83.9 Å². The van der Waals surface area contributed by atoms with E-state index in [2.05, 4.69) is 15.6 Å². The van der Waals surface area contributed by atoms with Crippen molar-refractivity contribution in [3.05, 3.63) is 130 Å². The van der Waals surface area contributed by atoms with E-state index < -0.39 is 6.09 Å². The molecule has 0 atom stereocenters. The minimum Gasteiger partial charge on any atom is -0.494 e. The van der Waals surface area contributed by atoms with E-state index in [1.54, 1.807) is 18.2 Å². The molecule has 3 N–H and O–H groups in total. The molecule has 0 radical (unpaired) electrons. The maximum Gasteiger partial charge on any atom is 0.414 e. The van der Waals surface area contributed by atoms with Gasteiger partial charge in [0.2, 0.25) is 0 Å². The summed E-state index contributed by atoms with van der Waals surface area (Å²) in [6.07, 6.45) is 0.0641. The summed E-state index contributed by atoms with van der Waals surface area (Å²) in [6, 6.07) is 32.1. The zero-order chi connectivity index (χ0) is 31.4. The number of nitrogens with zero attached hydrogens (tertiary/aromatic N) is 2. The molecule has 0 bridgehead atoms. The van der Waals surface area contributed by atoms with E-state index in [1.165, 1.54) is 16.2 Å². The number of anilines is 2. The summed E-state index contributed by atoms with van der Waals surface area (Å²) in [5, 5.41) is 17.5. The lowest BCUT2D eigenvalue weighted by Gasteiger charge is -2.23. The molecule has 0 aliphatic carbocycles. The van der Waals surface area contributed by atoms with E-state index in [0.717, 1.165) is 22.4 Å². The van der Waals surface area contributed by atoms with Gasteiger partial charge in [-0.25, -0.2) is 9.78 Å². The molecule has 5 aromatic rings. The van der Waals surface area contributed by atoms with Crippen LogP contribution in [0.4, 0.5) is 15.6 Å². The van der Waals surface area contributed by atoms with Gasteiger partial charge < -0.3 is 20.1 Å². The third-order valence-corrected chi connectivity index (χ3v) is 8.13. The third-order valence-electron chi connectivity index (χ3n) is 6.63. The van der Waals surface area contributed by atoms with Crippen molar-refractivity contribution in [1.82, 2.24) is 10.3 Å². The second-order valence-corrected chi connectivity index (χ2v) is 11.6. The maximum atomic E-state index is 13.1. The first-order valence-electron chi connectivity index (χ1n) is 14.2. The van der Waals surface area contributed by atoms with Crippen LogP contribution in [0.2, 0.25) is 10.0 Å². The fraction of sp³-hybridized carbons (Fsp3) is 0.147. The first-order chi connectivity index (χ1) is 21.9. The highest BCUT2D eigenvalue weighted by molar-refractivity contribution is 7.14. The van der Waals surface area contributed by atoms with Crippen molar-refractivity contribution in [2.45, 2.75) is 19.6 Å². The van der Waals surface area contributed by atoms with Gasteiger partial charge in [0.1, 0.15) is 12.4 Å². The van der Waals surface area contributed by atoms with Crippen LogP contribution in [0.25, 0.3) is 11.3 Å². The molecule has 230 valence electrons. The molecule has 11 heteroatoms. The number of amides is 1. The van der Waals surface area contributed by atoms with Crippen LogP contribution in [-0.4, -0.2) is 30.2 Å². The minimum atomic E-state index is -0.485. The number of aromatic nitrogens is 1. The third kappa shape index (κ3) is 9.46. The van der Waals surface area contributed by atoms with Gasteiger partial charge in [0.15, 0.2) is 11.1 Å². The number of benzene rings is 4. The Morgan fingerprint density at radius 1 is 0.889 bits per heavy atom. The molecule has 0 saturated carbocycles. The molecular weight excluding hydrogens is 629 g/mol. The number of rotatable bonds is 12. The Kier molecular flexibility index (Phi) is 11.3. The Labute approximate surface area is 276 Å². The molecule has 1 aromatic heterocycles. The molecule has 0 unspecified atom stereocenters. The van der Waals surface area contributed by atoms with Gasteiger partial charge >= 0.3 is 6.09 Å². The quantitative estimate of drug-likeness (QED) is 0.0703. The summed E-state index contributed by atoms with van der Waals surface area (Å²) in [5.74, 6) is 0.887. The van der Waals surface area contributed by atoms with Gasteiger partial charge in [-0.15, -0.1) is 11.3 Å². The molecule has 8 nitrogen and oxygen atoms in total. The second-order valence-electron chi connectivity index (χ2n) is 9.89. The van der Waals surface area contributed by atoms with E-state index in [-0.39, 0.29) is 12.6 Å². The second kappa shape index (κ2) is 15.9. The topological polar surface area (TPSA) is 99.6 Å². The highest BCUT2D eigenvalue weighted by Gasteiger charge is 2.18. The molecular formula is C34H31Cl2N5O3S. The van der Waals surface area contributed by atoms with Gasteiger partial charge in [-0.3, -0.25) is 10.3 Å². The average molecular weight is 661 g/mol. The average Bonchev–Trinajstić information content (AvgIpc) is 3.53. The Morgan fingerprint density at radius 2 is 1.60 bits per heavy atom. The Balaban J connectivity index is 1.11. The SMILES string of the molecule is N=C(NCc1ccccc1)Nc1nc(-c2ccc(OCCCN(C(=O)OCc3ccccc3)c3ccc(Cl)c(Cl)c3)cc2)cs1. The van der Waals surface area contributed by atoms with Crippen LogP contribution < -0.4 is 20.3 Å². The molecule has 1 heterocycles. The number of ether oxygens (including phenoxy) is 2. The van der Waals surface area contributed by atoms with Gasteiger partial charge in [0.05, 0.1) is 22.3 Å². The van der Waals surface area contributed by atoms with Crippen molar-refractivity contribution >= 4 is 57.4 Å². The van der Waals surface area contributed by atoms with Crippen LogP contribution in [0.1, 0.15) is 17.5 Å². The monoisotopic (exact) mass is 659 g/mol. The summed E-state index contributed by atoms with van der Waals surface area (Å²) in [5.41, 5.74) is 4.31. The predicted octanol–water partition coefficient (Wildman–Crippen LogP) is 8.87. The molecule has 0 aliphatic heterocycles. The number of guanidine groups is 1. The summed E-state index contributed by atoms with van der Waals surface area (Å²) >= 11 is 13.8. The van der Waals surface area contributed by atoms with E-state index in [0.29, 0.717) is 52.7 Å². The van der Waals surface area contributed by atoms with Crippen molar-refractivity contribution in [2.24, 2.45) is 0 Å². The summed E-state index contributed by atoms with van der Waals surface area (Å²) in [6.45, 7) is 1.45. The van der Waals surface area contributed by atoms with E-state index in [9.17, 15) is 4.79 Å². The van der Waals surface area contributed by atoms with Crippen LogP contribution in [0.3, 0.4) is 0 Å².